The molecule has 1 aliphatic rings. The summed E-state index contributed by atoms with van der Waals surface area (Å²) in [5.74, 6) is 1.46. The zero-order valence-corrected chi connectivity index (χ0v) is 17.7. The number of nitrogens with one attached hydrogen (secondary N) is 2. The first-order chi connectivity index (χ1) is 11.4. The average Bonchev–Trinajstić information content (AvgIpc) is 2.96. The van der Waals surface area contributed by atoms with E-state index < -0.39 is 11.9 Å². The third kappa shape index (κ3) is 7.67. The lowest BCUT2D eigenvalue weighted by molar-refractivity contribution is -0.140. The molecule has 144 valence electrons. The number of hydrogen-bond donors (Lipinski definition) is 2. The minimum atomic E-state index is -4.37. The molecule has 0 bridgehead atoms. The quantitative estimate of drug-likeness (QED) is 0.364. The van der Waals surface area contributed by atoms with Crippen molar-refractivity contribution >= 4 is 41.3 Å². The largest absolute Gasteiger partial charge is 0.434 e. The van der Waals surface area contributed by atoms with Crippen molar-refractivity contribution in [3.05, 3.63) is 16.1 Å². The molecule has 1 fully saturated rings. The van der Waals surface area contributed by atoms with Gasteiger partial charge in [-0.25, -0.2) is 4.98 Å². The number of halogens is 4. The van der Waals surface area contributed by atoms with Crippen LogP contribution in [0, 0.1) is 5.92 Å². The van der Waals surface area contributed by atoms with E-state index in [2.05, 4.69) is 27.5 Å². The maximum atomic E-state index is 12.5. The molecule has 4 nitrogen and oxygen atoms in total. The Hall–Kier alpha value is -0.580. The second-order valence-electron chi connectivity index (χ2n) is 6.25. The second-order valence-corrected chi connectivity index (χ2v) is 7.19. The van der Waals surface area contributed by atoms with E-state index in [0.29, 0.717) is 24.0 Å². The first-order valence-corrected chi connectivity index (χ1v) is 9.33. The molecule has 9 heteroatoms. The highest BCUT2D eigenvalue weighted by atomic mass is 127. The highest BCUT2D eigenvalue weighted by Crippen LogP contribution is 2.30. The summed E-state index contributed by atoms with van der Waals surface area (Å²) in [5.41, 5.74) is -0.812. The zero-order chi connectivity index (χ0) is 17.6. The fourth-order valence-corrected chi connectivity index (χ4v) is 3.69. The number of nitrogens with zero attached hydrogens (tertiary/aromatic N) is 2. The summed E-state index contributed by atoms with van der Waals surface area (Å²) in [6.07, 6.45) is 0.807. The van der Waals surface area contributed by atoms with E-state index in [1.54, 1.807) is 0 Å². The standard InChI is InChI=1S/C16H25F3N4S.HI/c1-3-20-15(22-12-6-4-5-11(2)9-12)21-8-7-14-23-13(10-24-14)16(17,18)19;/h10-12H,3-9H2,1-2H3,(H2,20,21,22);1H. The Bertz CT molecular complexity index is 548. The van der Waals surface area contributed by atoms with Gasteiger partial charge in [0.05, 0.1) is 5.01 Å². The molecule has 0 radical (unpaired) electrons. The van der Waals surface area contributed by atoms with Crippen molar-refractivity contribution in [2.75, 3.05) is 13.1 Å². The molecule has 2 N–H and O–H groups in total. The van der Waals surface area contributed by atoms with Crippen molar-refractivity contribution in [1.82, 2.24) is 15.6 Å². The number of aromatic nitrogens is 1. The lowest BCUT2D eigenvalue weighted by Crippen LogP contribution is -2.45. The van der Waals surface area contributed by atoms with Crippen molar-refractivity contribution in [3.8, 4) is 0 Å². The number of thiazole rings is 1. The maximum absolute atomic E-state index is 12.5. The predicted molar refractivity (Wildman–Crippen MR) is 107 cm³/mol. The minimum absolute atomic E-state index is 0. The van der Waals surface area contributed by atoms with Gasteiger partial charge < -0.3 is 10.6 Å². The van der Waals surface area contributed by atoms with Gasteiger partial charge in [0, 0.05) is 30.9 Å². The van der Waals surface area contributed by atoms with Crippen LogP contribution in [0.4, 0.5) is 13.2 Å². The highest BCUT2D eigenvalue weighted by Gasteiger charge is 2.33. The molecule has 1 aromatic rings. The lowest BCUT2D eigenvalue weighted by Gasteiger charge is -2.28. The van der Waals surface area contributed by atoms with Crippen LogP contribution < -0.4 is 10.6 Å². The lowest BCUT2D eigenvalue weighted by atomic mass is 9.87. The molecule has 1 saturated carbocycles. The molecule has 1 aliphatic carbocycles. The molecule has 0 amide bonds. The number of hydrogen-bond acceptors (Lipinski definition) is 3. The zero-order valence-electron chi connectivity index (χ0n) is 14.5. The number of guanidine groups is 1. The Kier molecular flexibility index (Phi) is 9.47. The fraction of sp³-hybridized carbons (Fsp3) is 0.750. The van der Waals surface area contributed by atoms with Gasteiger partial charge in [0.15, 0.2) is 11.7 Å². The van der Waals surface area contributed by atoms with Gasteiger partial charge in [0.25, 0.3) is 0 Å². The van der Waals surface area contributed by atoms with Gasteiger partial charge in [0.2, 0.25) is 0 Å². The molecule has 1 heterocycles. The Morgan fingerprint density at radius 2 is 2.16 bits per heavy atom. The van der Waals surface area contributed by atoms with Gasteiger partial charge in [-0.15, -0.1) is 35.3 Å². The van der Waals surface area contributed by atoms with Crippen molar-refractivity contribution < 1.29 is 13.2 Å². The first kappa shape index (κ1) is 22.5. The summed E-state index contributed by atoms with van der Waals surface area (Å²) in [6.45, 7) is 5.43. The average molecular weight is 490 g/mol. The predicted octanol–water partition coefficient (Wildman–Crippen LogP) is 4.46. The van der Waals surface area contributed by atoms with Crippen LogP contribution in [0.25, 0.3) is 0 Å². The summed E-state index contributed by atoms with van der Waals surface area (Å²) < 4.78 is 37.6. The Morgan fingerprint density at radius 3 is 2.76 bits per heavy atom. The molecule has 0 saturated heterocycles. The highest BCUT2D eigenvalue weighted by molar-refractivity contribution is 14.0. The summed E-state index contributed by atoms with van der Waals surface area (Å²) in [5, 5.41) is 8.17. The van der Waals surface area contributed by atoms with Gasteiger partial charge in [0.1, 0.15) is 0 Å². The third-order valence-corrected chi connectivity index (χ3v) is 4.97. The van der Waals surface area contributed by atoms with Gasteiger partial charge in [-0.05, 0) is 25.7 Å². The first-order valence-electron chi connectivity index (χ1n) is 8.45. The topological polar surface area (TPSA) is 49.3 Å². The summed E-state index contributed by atoms with van der Waals surface area (Å²) >= 11 is 1.04. The van der Waals surface area contributed by atoms with Crippen molar-refractivity contribution in [1.29, 1.82) is 0 Å². The SMILES string of the molecule is CCNC(=NCCc1nc(C(F)(F)F)cs1)NC1CCCC(C)C1.I. The van der Waals surface area contributed by atoms with Gasteiger partial charge in [-0.2, -0.15) is 13.2 Å². The number of aliphatic imine (C=N–C) groups is 1. The Morgan fingerprint density at radius 1 is 1.40 bits per heavy atom. The molecule has 0 aliphatic heterocycles. The summed E-state index contributed by atoms with van der Waals surface area (Å²) in [7, 11) is 0. The van der Waals surface area contributed by atoms with Crippen LogP contribution in [-0.2, 0) is 12.6 Å². The molecule has 0 spiro atoms. The van der Waals surface area contributed by atoms with Gasteiger partial charge in [-0.3, -0.25) is 4.99 Å². The number of rotatable bonds is 5. The monoisotopic (exact) mass is 490 g/mol. The molecule has 2 unspecified atom stereocenters. The van der Waals surface area contributed by atoms with Gasteiger partial charge >= 0.3 is 6.18 Å². The van der Waals surface area contributed by atoms with Crippen LogP contribution in [-0.4, -0.2) is 30.1 Å². The van der Waals surface area contributed by atoms with Crippen molar-refractivity contribution in [2.24, 2.45) is 10.9 Å². The van der Waals surface area contributed by atoms with E-state index >= 15 is 0 Å². The molecule has 0 aromatic carbocycles. The smallest absolute Gasteiger partial charge is 0.357 e. The summed E-state index contributed by atoms with van der Waals surface area (Å²) in [4.78, 5) is 8.11. The van der Waals surface area contributed by atoms with Gasteiger partial charge in [-0.1, -0.05) is 19.8 Å². The molecular weight excluding hydrogens is 464 g/mol. The van der Waals surface area contributed by atoms with Crippen molar-refractivity contribution in [3.63, 3.8) is 0 Å². The summed E-state index contributed by atoms with van der Waals surface area (Å²) in [6, 6.07) is 0.420. The Balaban J connectivity index is 0.00000312. The van der Waals surface area contributed by atoms with E-state index in [9.17, 15) is 13.2 Å². The molecule has 2 rings (SSSR count). The maximum Gasteiger partial charge on any atom is 0.434 e. The molecule has 1 aromatic heterocycles. The molecule has 25 heavy (non-hydrogen) atoms. The second kappa shape index (κ2) is 10.5. The van der Waals surface area contributed by atoms with Crippen LogP contribution >= 0.6 is 35.3 Å². The van der Waals surface area contributed by atoms with Crippen LogP contribution in [0.1, 0.15) is 50.2 Å². The fourth-order valence-electron chi connectivity index (χ4n) is 2.90. The third-order valence-electron chi connectivity index (χ3n) is 4.06. The Labute approximate surface area is 168 Å². The van der Waals surface area contributed by atoms with E-state index in [-0.39, 0.29) is 24.0 Å². The molecule has 2 atom stereocenters. The number of alkyl halides is 3. The normalized spacial score (nSPS) is 21.6. The van der Waals surface area contributed by atoms with E-state index in [1.807, 2.05) is 6.92 Å². The van der Waals surface area contributed by atoms with E-state index in [0.717, 1.165) is 48.0 Å². The minimum Gasteiger partial charge on any atom is -0.357 e. The van der Waals surface area contributed by atoms with Crippen LogP contribution in [0.2, 0.25) is 0 Å². The van der Waals surface area contributed by atoms with Crippen molar-refractivity contribution in [2.45, 2.75) is 58.2 Å². The van der Waals surface area contributed by atoms with Crippen LogP contribution in [0.15, 0.2) is 10.4 Å². The van der Waals surface area contributed by atoms with Crippen LogP contribution in [0.3, 0.4) is 0 Å². The van der Waals surface area contributed by atoms with Crippen LogP contribution in [0.5, 0.6) is 0 Å². The van der Waals surface area contributed by atoms with E-state index in [1.165, 1.54) is 12.8 Å². The van der Waals surface area contributed by atoms with E-state index in [4.69, 9.17) is 0 Å². The molecular formula is C16H26F3IN4S.